The minimum absolute atomic E-state index is 0.0335. The average Bonchev–Trinajstić information content (AvgIpc) is 3.14. The quantitative estimate of drug-likeness (QED) is 0.896. The van der Waals surface area contributed by atoms with E-state index < -0.39 is 11.9 Å². The van der Waals surface area contributed by atoms with E-state index in [2.05, 4.69) is 15.3 Å². The Labute approximate surface area is 115 Å². The van der Waals surface area contributed by atoms with E-state index in [4.69, 9.17) is 5.73 Å². The zero-order valence-corrected chi connectivity index (χ0v) is 11.0. The summed E-state index contributed by atoms with van der Waals surface area (Å²) in [4.78, 5) is 7.74. The summed E-state index contributed by atoms with van der Waals surface area (Å²) in [5.41, 5.74) is 5.50. The third-order valence-electron chi connectivity index (χ3n) is 3.95. The van der Waals surface area contributed by atoms with E-state index >= 15 is 0 Å². The molecule has 4 nitrogen and oxygen atoms in total. The molecular weight excluding hydrogens is 269 g/mol. The first-order valence-corrected chi connectivity index (χ1v) is 6.91. The monoisotopic (exact) mass is 286 g/mol. The predicted octanol–water partition coefficient (Wildman–Crippen LogP) is 2.66. The molecule has 2 fully saturated rings. The van der Waals surface area contributed by atoms with Crippen LogP contribution in [0.5, 0.6) is 0 Å². The summed E-state index contributed by atoms with van der Waals surface area (Å²) in [6.45, 7) is 0. The summed E-state index contributed by atoms with van der Waals surface area (Å²) in [7, 11) is 0. The summed E-state index contributed by atoms with van der Waals surface area (Å²) >= 11 is 0. The number of nitrogens with two attached hydrogens (primary N) is 1. The van der Waals surface area contributed by atoms with Gasteiger partial charge in [0, 0.05) is 18.0 Å². The standard InChI is InChI=1S/C13H17F3N4/c14-13(15,16)10-6-18-12(11(20-10)7-4-5-7)19-9-3-1-2-8(9)17/h6-9H,1-5,17H2,(H,18,19)/t8-,9-/m0/s1. The molecule has 0 aromatic carbocycles. The van der Waals surface area contributed by atoms with Crippen molar-refractivity contribution in [2.24, 2.45) is 5.73 Å². The third-order valence-corrected chi connectivity index (χ3v) is 3.95. The predicted molar refractivity (Wildman–Crippen MR) is 68.2 cm³/mol. The van der Waals surface area contributed by atoms with Gasteiger partial charge in [-0.15, -0.1) is 0 Å². The smallest absolute Gasteiger partial charge is 0.364 e. The van der Waals surface area contributed by atoms with Gasteiger partial charge in [0.1, 0.15) is 5.82 Å². The Morgan fingerprint density at radius 2 is 1.95 bits per heavy atom. The van der Waals surface area contributed by atoms with Crippen LogP contribution in [-0.4, -0.2) is 22.1 Å². The van der Waals surface area contributed by atoms with Crippen LogP contribution < -0.4 is 11.1 Å². The summed E-state index contributed by atoms with van der Waals surface area (Å²) in [6, 6.07) is 0.115. The molecule has 3 N–H and O–H groups in total. The van der Waals surface area contributed by atoms with Crippen LogP contribution in [0.4, 0.5) is 19.0 Å². The lowest BCUT2D eigenvalue weighted by Gasteiger charge is -2.20. The number of hydrogen-bond acceptors (Lipinski definition) is 4. The number of nitrogens with one attached hydrogen (secondary N) is 1. The number of nitrogens with zero attached hydrogens (tertiary/aromatic N) is 2. The molecule has 1 heterocycles. The van der Waals surface area contributed by atoms with Gasteiger partial charge in [-0.3, -0.25) is 0 Å². The second-order valence-corrected chi connectivity index (χ2v) is 5.61. The minimum atomic E-state index is -4.45. The largest absolute Gasteiger partial charge is 0.434 e. The van der Waals surface area contributed by atoms with Crippen molar-refractivity contribution >= 4 is 5.82 Å². The maximum atomic E-state index is 12.7. The highest BCUT2D eigenvalue weighted by Crippen LogP contribution is 2.43. The number of aromatic nitrogens is 2. The van der Waals surface area contributed by atoms with Gasteiger partial charge in [-0.2, -0.15) is 13.2 Å². The number of anilines is 1. The van der Waals surface area contributed by atoms with Crippen molar-refractivity contribution in [3.8, 4) is 0 Å². The summed E-state index contributed by atoms with van der Waals surface area (Å²) in [5, 5.41) is 3.19. The first kappa shape index (κ1) is 13.6. The number of halogens is 3. The van der Waals surface area contributed by atoms with Crippen LogP contribution in [0.2, 0.25) is 0 Å². The first-order chi connectivity index (χ1) is 9.45. The molecule has 1 aromatic heterocycles. The summed E-state index contributed by atoms with van der Waals surface area (Å²) in [5.74, 6) is 0.577. The summed E-state index contributed by atoms with van der Waals surface area (Å²) in [6.07, 6.45) is 1.00. The molecule has 3 rings (SSSR count). The van der Waals surface area contributed by atoms with Gasteiger partial charge >= 0.3 is 6.18 Å². The Balaban J connectivity index is 1.86. The van der Waals surface area contributed by atoms with E-state index in [9.17, 15) is 13.2 Å². The Morgan fingerprint density at radius 1 is 1.20 bits per heavy atom. The van der Waals surface area contributed by atoms with E-state index in [1.807, 2.05) is 0 Å². The Kier molecular flexibility index (Phi) is 3.32. The summed E-state index contributed by atoms with van der Waals surface area (Å²) < 4.78 is 38.1. The molecule has 20 heavy (non-hydrogen) atoms. The zero-order valence-electron chi connectivity index (χ0n) is 11.0. The van der Waals surface area contributed by atoms with Crippen LogP contribution in [0.25, 0.3) is 0 Å². The van der Waals surface area contributed by atoms with Crippen molar-refractivity contribution in [3.05, 3.63) is 17.6 Å². The Hall–Kier alpha value is -1.37. The molecular formula is C13H17F3N4. The fraction of sp³-hybridized carbons (Fsp3) is 0.692. The maximum absolute atomic E-state index is 12.7. The highest BCUT2D eigenvalue weighted by atomic mass is 19.4. The van der Waals surface area contributed by atoms with Crippen molar-refractivity contribution in [2.45, 2.75) is 56.3 Å². The molecule has 0 saturated heterocycles. The number of alkyl halides is 3. The van der Waals surface area contributed by atoms with Crippen LogP contribution in [-0.2, 0) is 6.18 Å². The van der Waals surface area contributed by atoms with E-state index in [-0.39, 0.29) is 18.0 Å². The molecule has 0 bridgehead atoms. The SMILES string of the molecule is N[C@H]1CCC[C@@H]1Nc1ncc(C(F)(F)F)nc1C1CC1. The molecule has 0 aliphatic heterocycles. The van der Waals surface area contributed by atoms with Gasteiger partial charge in [0.2, 0.25) is 0 Å². The van der Waals surface area contributed by atoms with Gasteiger partial charge in [0.05, 0.1) is 11.9 Å². The molecule has 0 amide bonds. The molecule has 2 saturated carbocycles. The highest BCUT2D eigenvalue weighted by Gasteiger charge is 2.37. The van der Waals surface area contributed by atoms with Gasteiger partial charge in [-0.25, -0.2) is 9.97 Å². The van der Waals surface area contributed by atoms with Crippen LogP contribution in [0, 0.1) is 0 Å². The van der Waals surface area contributed by atoms with E-state index in [0.717, 1.165) is 38.3 Å². The van der Waals surface area contributed by atoms with Crippen LogP contribution in [0.3, 0.4) is 0 Å². The molecule has 2 aliphatic rings. The van der Waals surface area contributed by atoms with Gasteiger partial charge in [0.25, 0.3) is 0 Å². The minimum Gasteiger partial charge on any atom is -0.364 e. The molecule has 2 atom stereocenters. The van der Waals surface area contributed by atoms with Crippen molar-refractivity contribution in [1.82, 2.24) is 9.97 Å². The lowest BCUT2D eigenvalue weighted by molar-refractivity contribution is -0.141. The molecule has 110 valence electrons. The van der Waals surface area contributed by atoms with E-state index in [1.165, 1.54) is 0 Å². The molecule has 7 heteroatoms. The van der Waals surface area contributed by atoms with E-state index in [1.54, 1.807) is 0 Å². The molecule has 0 unspecified atom stereocenters. The zero-order chi connectivity index (χ0) is 14.3. The van der Waals surface area contributed by atoms with Gasteiger partial charge in [0.15, 0.2) is 5.69 Å². The first-order valence-electron chi connectivity index (χ1n) is 6.91. The number of rotatable bonds is 3. The maximum Gasteiger partial charge on any atom is 0.434 e. The molecule has 2 aliphatic carbocycles. The van der Waals surface area contributed by atoms with Crippen molar-refractivity contribution < 1.29 is 13.2 Å². The lowest BCUT2D eigenvalue weighted by atomic mass is 10.1. The van der Waals surface area contributed by atoms with Crippen LogP contribution in [0.15, 0.2) is 6.20 Å². The fourth-order valence-corrected chi connectivity index (χ4v) is 2.64. The highest BCUT2D eigenvalue weighted by molar-refractivity contribution is 5.45. The topological polar surface area (TPSA) is 63.8 Å². The number of hydrogen-bond donors (Lipinski definition) is 2. The average molecular weight is 286 g/mol. The fourth-order valence-electron chi connectivity index (χ4n) is 2.64. The van der Waals surface area contributed by atoms with Gasteiger partial charge in [-0.05, 0) is 32.1 Å². The van der Waals surface area contributed by atoms with Crippen LogP contribution in [0.1, 0.15) is 49.4 Å². The van der Waals surface area contributed by atoms with Gasteiger partial charge in [-0.1, -0.05) is 0 Å². The second kappa shape index (κ2) is 4.87. The normalized spacial score (nSPS) is 26.8. The van der Waals surface area contributed by atoms with Crippen molar-refractivity contribution in [1.29, 1.82) is 0 Å². The van der Waals surface area contributed by atoms with Crippen LogP contribution >= 0.6 is 0 Å². The Morgan fingerprint density at radius 3 is 2.50 bits per heavy atom. The van der Waals surface area contributed by atoms with E-state index in [0.29, 0.717) is 11.5 Å². The van der Waals surface area contributed by atoms with Crippen molar-refractivity contribution in [2.75, 3.05) is 5.32 Å². The molecule has 0 spiro atoms. The molecule has 1 aromatic rings. The second-order valence-electron chi connectivity index (χ2n) is 5.61. The molecule has 0 radical (unpaired) electrons. The third kappa shape index (κ3) is 2.72. The van der Waals surface area contributed by atoms with Gasteiger partial charge < -0.3 is 11.1 Å². The Bertz CT molecular complexity index is 499. The lowest BCUT2D eigenvalue weighted by Crippen LogP contribution is -2.36. The van der Waals surface area contributed by atoms with Crippen molar-refractivity contribution in [3.63, 3.8) is 0 Å².